The second kappa shape index (κ2) is 13.0. The van der Waals surface area contributed by atoms with Gasteiger partial charge in [0.15, 0.2) is 0 Å². The van der Waals surface area contributed by atoms with Gasteiger partial charge >= 0.3 is 11.9 Å². The molecule has 0 aromatic carbocycles. The van der Waals surface area contributed by atoms with E-state index in [4.69, 9.17) is 11.5 Å². The second-order valence-electron chi connectivity index (χ2n) is 4.59. The molecule has 0 fully saturated rings. The van der Waals surface area contributed by atoms with Crippen molar-refractivity contribution in [2.45, 2.75) is 25.9 Å². The van der Waals surface area contributed by atoms with Gasteiger partial charge in [-0.2, -0.15) is 0 Å². The Morgan fingerprint density at radius 3 is 1.46 bits per heavy atom. The zero-order valence-electron chi connectivity index (χ0n) is 13.9. The highest BCUT2D eigenvalue weighted by atomic mass is 16.4. The topological polar surface area (TPSA) is 229 Å². The number of aromatic nitrogens is 4. The van der Waals surface area contributed by atoms with Crippen LogP contribution in [0.15, 0.2) is 36.9 Å². The number of rotatable bonds is 6. The molecule has 0 unspecified atom stereocenters. The number of aliphatic carboxylic acids is 2. The number of carboxylic acid groups (broad SMARTS) is 2. The van der Waals surface area contributed by atoms with Gasteiger partial charge in [-0.15, -0.1) is 0 Å². The van der Waals surface area contributed by atoms with Crippen LogP contribution in [0.4, 0.5) is 11.9 Å². The summed E-state index contributed by atoms with van der Waals surface area (Å²) in [7, 11) is 0. The first-order valence-electron chi connectivity index (χ1n) is 6.99. The summed E-state index contributed by atoms with van der Waals surface area (Å²) in [6.07, 6.45) is 6.33. The van der Waals surface area contributed by atoms with Crippen molar-refractivity contribution < 1.29 is 39.9 Å². The molecule has 0 bridgehead atoms. The van der Waals surface area contributed by atoms with E-state index in [1.54, 1.807) is 46.1 Å². The van der Waals surface area contributed by atoms with Gasteiger partial charge in [0.25, 0.3) is 0 Å². The molecule has 144 valence electrons. The van der Waals surface area contributed by atoms with Gasteiger partial charge in [0, 0.05) is 36.9 Å². The predicted octanol–water partition coefficient (Wildman–Crippen LogP) is -5.47. The van der Waals surface area contributed by atoms with Gasteiger partial charge in [0.1, 0.15) is 12.4 Å². The summed E-state index contributed by atoms with van der Waals surface area (Å²) in [5, 5.41) is 20.2. The third-order valence-electron chi connectivity index (χ3n) is 2.82. The number of nitrogens with zero attached hydrogens (tertiary/aromatic N) is 4. The number of carbonyl (C=O) groups excluding carboxylic acids is 2. The lowest BCUT2D eigenvalue weighted by atomic mass is 10.4. The molecule has 2 heterocycles. The molecule has 0 radical (unpaired) electrons. The van der Waals surface area contributed by atoms with Crippen molar-refractivity contribution in [1.82, 2.24) is 9.97 Å². The van der Waals surface area contributed by atoms with Gasteiger partial charge in [0.05, 0.1) is 25.5 Å². The largest absolute Gasteiger partial charge is 0.550 e. The minimum Gasteiger partial charge on any atom is -0.550 e. The summed E-state index contributed by atoms with van der Waals surface area (Å²) in [6.45, 7) is 0.587. The Bertz CT molecular complexity index is 640. The second-order valence-corrected chi connectivity index (χ2v) is 4.59. The van der Waals surface area contributed by atoms with Crippen LogP contribution in [-0.2, 0) is 22.7 Å². The van der Waals surface area contributed by atoms with Crippen molar-refractivity contribution in [1.29, 1.82) is 0 Å². The third-order valence-corrected chi connectivity index (χ3v) is 2.82. The lowest BCUT2D eigenvalue weighted by molar-refractivity contribution is -0.685. The minimum atomic E-state index is -1.09. The molecule has 0 saturated heterocycles. The van der Waals surface area contributed by atoms with Gasteiger partial charge in [0.2, 0.25) is 0 Å². The summed E-state index contributed by atoms with van der Waals surface area (Å²) >= 11 is 0. The van der Waals surface area contributed by atoms with Crippen molar-refractivity contribution in [3.63, 3.8) is 0 Å². The molecule has 0 aliphatic heterocycles. The molecule has 2 rings (SSSR count). The average molecular weight is 370 g/mol. The smallest absolute Gasteiger partial charge is 0.389 e. The molecule has 0 aliphatic rings. The zero-order valence-corrected chi connectivity index (χ0v) is 13.9. The maximum absolute atomic E-state index is 10.1. The van der Waals surface area contributed by atoms with Gasteiger partial charge in [-0.1, -0.05) is 9.97 Å². The number of hydrogen-bond donors (Lipinski definition) is 2. The van der Waals surface area contributed by atoms with Crippen LogP contribution in [0.5, 0.6) is 0 Å². The highest BCUT2D eigenvalue weighted by Crippen LogP contribution is 1.86. The third kappa shape index (κ3) is 9.69. The first kappa shape index (κ1) is 24.9. The Morgan fingerprint density at radius 1 is 0.846 bits per heavy atom. The number of nitrogens with two attached hydrogens (primary N) is 2. The van der Waals surface area contributed by atoms with Crippen LogP contribution in [0.3, 0.4) is 0 Å². The summed E-state index contributed by atoms with van der Waals surface area (Å²) in [5.74, 6) is -1.57. The van der Waals surface area contributed by atoms with Crippen LogP contribution in [0.1, 0.15) is 12.8 Å². The summed E-state index contributed by atoms with van der Waals surface area (Å²) < 4.78 is 3.10. The maximum Gasteiger partial charge on any atom is 0.389 e. The number of carbonyl (C=O) groups is 2. The molecule has 0 atom stereocenters. The Labute approximate surface area is 149 Å². The average Bonchev–Trinajstić information content (AvgIpc) is 2.54. The van der Waals surface area contributed by atoms with E-state index in [2.05, 4.69) is 9.97 Å². The Morgan fingerprint density at radius 2 is 1.19 bits per heavy atom. The summed E-state index contributed by atoms with van der Waals surface area (Å²) in [5.41, 5.74) is 10.9. The quantitative estimate of drug-likeness (QED) is 0.464. The highest BCUT2D eigenvalue weighted by molar-refractivity contribution is 5.64. The molecule has 2 aromatic rings. The molecule has 26 heavy (non-hydrogen) atoms. The lowest BCUT2D eigenvalue weighted by Crippen LogP contribution is -2.40. The Kier molecular flexibility index (Phi) is 12.4. The van der Waals surface area contributed by atoms with E-state index in [0.717, 1.165) is 0 Å². The van der Waals surface area contributed by atoms with Crippen molar-refractivity contribution in [2.24, 2.45) is 0 Å². The van der Waals surface area contributed by atoms with Crippen LogP contribution < -0.4 is 30.8 Å². The molecule has 12 heteroatoms. The van der Waals surface area contributed by atoms with Crippen LogP contribution in [0.25, 0.3) is 0 Å². The van der Waals surface area contributed by atoms with Crippen LogP contribution in [-0.4, -0.2) is 32.9 Å². The predicted molar refractivity (Wildman–Crippen MR) is 84.2 cm³/mol. The van der Waals surface area contributed by atoms with E-state index in [9.17, 15) is 19.8 Å². The maximum atomic E-state index is 10.1. The molecule has 0 spiro atoms. The fraction of sp³-hybridized carbons (Fsp3) is 0.286. The first-order valence-corrected chi connectivity index (χ1v) is 6.99. The molecule has 2 aromatic heterocycles. The number of hydrogen-bond acceptors (Lipinski definition) is 8. The van der Waals surface area contributed by atoms with E-state index in [1.807, 2.05) is 0 Å². The Balaban J connectivity index is 0. The monoisotopic (exact) mass is 370 g/mol. The SMILES string of the molecule is Nc1nccc[n+]1CCC(=O)[O-].Nc1nccc[n+]1CCC(=O)[O-].O.O. The summed E-state index contributed by atoms with van der Waals surface area (Å²) in [4.78, 5) is 27.8. The van der Waals surface area contributed by atoms with Crippen LogP contribution >= 0.6 is 0 Å². The zero-order chi connectivity index (χ0) is 17.9. The molecule has 0 saturated carbocycles. The standard InChI is InChI=1S/2C7H9N3O2.2H2O/c2*8-7-9-3-1-4-10(7)5-2-6(11)12;;/h2*1,3-4,8H,2,5H2,(H,11,12);2*1H2. The number of carboxylic acids is 2. The molecular formula is C14H22N6O6. The fourth-order valence-electron chi connectivity index (χ4n) is 1.63. The van der Waals surface area contributed by atoms with Crippen molar-refractivity contribution in [3.8, 4) is 0 Å². The number of aryl methyl sites for hydroxylation is 2. The van der Waals surface area contributed by atoms with Crippen LogP contribution in [0.2, 0.25) is 0 Å². The summed E-state index contributed by atoms with van der Waals surface area (Å²) in [6, 6.07) is 3.37. The minimum absolute atomic E-state index is 0. The van der Waals surface area contributed by atoms with Gasteiger partial charge < -0.3 is 30.8 Å². The highest BCUT2D eigenvalue weighted by Gasteiger charge is 2.03. The van der Waals surface area contributed by atoms with Crippen molar-refractivity contribution in [3.05, 3.63) is 36.9 Å². The molecule has 8 N–H and O–H groups in total. The Hall–Kier alpha value is -3.38. The van der Waals surface area contributed by atoms with E-state index in [-0.39, 0.29) is 23.8 Å². The van der Waals surface area contributed by atoms with Crippen molar-refractivity contribution >= 4 is 23.8 Å². The normalized spacial score (nSPS) is 8.92. The molecule has 0 aliphatic carbocycles. The van der Waals surface area contributed by atoms with Crippen molar-refractivity contribution in [2.75, 3.05) is 11.5 Å². The van der Waals surface area contributed by atoms with E-state index in [1.165, 1.54) is 0 Å². The van der Waals surface area contributed by atoms with Gasteiger partial charge in [-0.3, -0.25) is 11.5 Å². The van der Waals surface area contributed by atoms with E-state index >= 15 is 0 Å². The van der Waals surface area contributed by atoms with Gasteiger partial charge in [-0.25, -0.2) is 9.13 Å². The molecule has 0 amide bonds. The van der Waals surface area contributed by atoms with Crippen LogP contribution in [0, 0.1) is 0 Å². The number of nitrogen functional groups attached to an aromatic ring is 2. The fourth-order valence-corrected chi connectivity index (χ4v) is 1.63. The first-order chi connectivity index (χ1) is 11.4. The van der Waals surface area contributed by atoms with Gasteiger partial charge in [-0.05, 0) is 0 Å². The van der Waals surface area contributed by atoms with E-state index < -0.39 is 11.9 Å². The lowest BCUT2D eigenvalue weighted by Gasteiger charge is -2.02. The number of anilines is 2. The molecular weight excluding hydrogens is 348 g/mol. The van der Waals surface area contributed by atoms with E-state index in [0.29, 0.717) is 25.0 Å². The molecule has 12 nitrogen and oxygen atoms in total.